The van der Waals surface area contributed by atoms with Gasteiger partial charge in [0.1, 0.15) is 0 Å². The third-order valence-corrected chi connectivity index (χ3v) is 3.86. The van der Waals surface area contributed by atoms with Crippen LogP contribution >= 0.6 is 11.6 Å². The van der Waals surface area contributed by atoms with E-state index < -0.39 is 23.6 Å². The Morgan fingerprint density at radius 3 is 2.61 bits per heavy atom. The van der Waals surface area contributed by atoms with Gasteiger partial charge in [-0.2, -0.15) is 13.2 Å². The second-order valence-corrected chi connectivity index (χ2v) is 5.43. The van der Waals surface area contributed by atoms with Gasteiger partial charge < -0.3 is 9.64 Å². The van der Waals surface area contributed by atoms with Crippen LogP contribution in [0.25, 0.3) is 0 Å². The lowest BCUT2D eigenvalue weighted by Gasteiger charge is -2.19. The molecule has 0 fully saturated rings. The summed E-state index contributed by atoms with van der Waals surface area (Å²) in [5.74, 6) is -0.917. The number of carbonyl (C=O) groups excluding carboxylic acids is 2. The summed E-state index contributed by atoms with van der Waals surface area (Å²) in [6.45, 7) is 2.01. The molecule has 0 radical (unpaired) electrons. The number of amides is 1. The molecule has 0 spiro atoms. The molecule has 0 saturated heterocycles. The number of rotatable bonds is 4. The molecule has 1 aliphatic heterocycles. The highest BCUT2D eigenvalue weighted by molar-refractivity contribution is 6.31. The van der Waals surface area contributed by atoms with E-state index in [1.165, 1.54) is 11.0 Å². The minimum Gasteiger partial charge on any atom is -0.466 e. The van der Waals surface area contributed by atoms with E-state index >= 15 is 0 Å². The largest absolute Gasteiger partial charge is 0.466 e. The highest BCUT2D eigenvalue weighted by Gasteiger charge is 2.40. The molecular formula is C15H15ClF3NO3. The van der Waals surface area contributed by atoms with Gasteiger partial charge in [-0.05, 0) is 31.0 Å². The third-order valence-electron chi connectivity index (χ3n) is 3.55. The second-order valence-electron chi connectivity index (χ2n) is 5.02. The molecule has 0 bridgehead atoms. The Morgan fingerprint density at radius 1 is 1.30 bits per heavy atom. The van der Waals surface area contributed by atoms with Crippen LogP contribution in [0, 0.1) is 0 Å². The minimum atomic E-state index is -4.58. The maximum atomic E-state index is 13.1. The van der Waals surface area contributed by atoms with Crippen LogP contribution in [0.1, 0.15) is 30.9 Å². The Kier molecular flexibility index (Phi) is 5.19. The van der Waals surface area contributed by atoms with E-state index in [-0.39, 0.29) is 48.7 Å². The zero-order valence-corrected chi connectivity index (χ0v) is 13.1. The molecule has 0 unspecified atom stereocenters. The number of hydrogen-bond acceptors (Lipinski definition) is 3. The van der Waals surface area contributed by atoms with E-state index in [1.54, 1.807) is 6.92 Å². The third kappa shape index (κ3) is 3.77. The molecule has 1 aromatic carbocycles. The number of alkyl halides is 3. The summed E-state index contributed by atoms with van der Waals surface area (Å²) in [5.41, 5.74) is -0.664. The van der Waals surface area contributed by atoms with E-state index in [0.717, 1.165) is 6.07 Å². The van der Waals surface area contributed by atoms with Gasteiger partial charge in [0.15, 0.2) is 0 Å². The van der Waals surface area contributed by atoms with Crippen molar-refractivity contribution in [3.63, 3.8) is 0 Å². The lowest BCUT2D eigenvalue weighted by molar-refractivity contribution is -0.144. The van der Waals surface area contributed by atoms with Crippen molar-refractivity contribution in [2.75, 3.05) is 18.1 Å². The van der Waals surface area contributed by atoms with Gasteiger partial charge in [0.2, 0.25) is 5.91 Å². The summed E-state index contributed by atoms with van der Waals surface area (Å²) in [6, 6.07) is 2.54. The van der Waals surface area contributed by atoms with E-state index in [0.29, 0.717) is 0 Å². The van der Waals surface area contributed by atoms with Crippen molar-refractivity contribution >= 4 is 29.2 Å². The first-order chi connectivity index (χ1) is 10.8. The van der Waals surface area contributed by atoms with E-state index in [2.05, 4.69) is 0 Å². The van der Waals surface area contributed by atoms with Crippen molar-refractivity contribution in [1.82, 2.24) is 0 Å². The van der Waals surface area contributed by atoms with Crippen LogP contribution < -0.4 is 4.90 Å². The fraction of sp³-hybridized carbons (Fsp3) is 0.467. The number of carbonyl (C=O) groups is 2. The summed E-state index contributed by atoms with van der Waals surface area (Å²) in [4.78, 5) is 24.7. The smallest absolute Gasteiger partial charge is 0.418 e. The SMILES string of the molecule is CCOC(=O)CCC(=O)N1CCc2c1ccc(Cl)c2C(F)(F)F. The first kappa shape index (κ1) is 17.6. The van der Waals surface area contributed by atoms with Gasteiger partial charge in [-0.15, -0.1) is 0 Å². The van der Waals surface area contributed by atoms with Crippen LogP contribution in [-0.4, -0.2) is 25.0 Å². The van der Waals surface area contributed by atoms with Crippen LogP contribution in [0.5, 0.6) is 0 Å². The predicted octanol–water partition coefficient (Wildman–Crippen LogP) is 3.59. The van der Waals surface area contributed by atoms with Gasteiger partial charge in [-0.1, -0.05) is 11.6 Å². The number of fused-ring (bicyclic) bond motifs is 1. The number of benzene rings is 1. The lowest BCUT2D eigenvalue weighted by Crippen LogP contribution is -2.29. The van der Waals surface area contributed by atoms with Gasteiger partial charge in [-0.3, -0.25) is 9.59 Å². The normalized spacial score (nSPS) is 13.9. The average molecular weight is 350 g/mol. The molecule has 8 heteroatoms. The topological polar surface area (TPSA) is 46.6 Å². The number of halogens is 4. The molecular weight excluding hydrogens is 335 g/mol. The van der Waals surface area contributed by atoms with Crippen LogP contribution in [0.3, 0.4) is 0 Å². The molecule has 0 atom stereocenters. The summed E-state index contributed by atoms with van der Waals surface area (Å²) in [7, 11) is 0. The molecule has 1 aromatic rings. The Balaban J connectivity index is 2.19. The molecule has 4 nitrogen and oxygen atoms in total. The fourth-order valence-corrected chi connectivity index (χ4v) is 2.89. The van der Waals surface area contributed by atoms with Gasteiger partial charge in [-0.25, -0.2) is 0 Å². The molecule has 0 N–H and O–H groups in total. The summed E-state index contributed by atoms with van der Waals surface area (Å²) >= 11 is 5.67. The van der Waals surface area contributed by atoms with Gasteiger partial charge in [0.25, 0.3) is 0 Å². The fourth-order valence-electron chi connectivity index (χ4n) is 2.60. The van der Waals surface area contributed by atoms with Crippen LogP contribution in [-0.2, 0) is 26.9 Å². The van der Waals surface area contributed by atoms with Crippen molar-refractivity contribution in [3.8, 4) is 0 Å². The number of nitrogens with zero attached hydrogens (tertiary/aromatic N) is 1. The van der Waals surface area contributed by atoms with E-state index in [9.17, 15) is 22.8 Å². The van der Waals surface area contributed by atoms with Gasteiger partial charge >= 0.3 is 12.1 Å². The quantitative estimate of drug-likeness (QED) is 0.780. The van der Waals surface area contributed by atoms with Crippen LogP contribution in [0.2, 0.25) is 5.02 Å². The van der Waals surface area contributed by atoms with E-state index in [1.807, 2.05) is 0 Å². The van der Waals surface area contributed by atoms with Crippen LogP contribution in [0.15, 0.2) is 12.1 Å². The van der Waals surface area contributed by atoms with E-state index in [4.69, 9.17) is 16.3 Å². The number of anilines is 1. The molecule has 1 heterocycles. The second kappa shape index (κ2) is 6.78. The Labute approximate surface area is 136 Å². The minimum absolute atomic E-state index is 0.0227. The van der Waals surface area contributed by atoms with Crippen molar-refractivity contribution in [3.05, 3.63) is 28.3 Å². The summed E-state index contributed by atoms with van der Waals surface area (Å²) in [6.07, 6.45) is -4.71. The molecule has 1 amide bonds. The molecule has 0 aromatic heterocycles. The Hall–Kier alpha value is -1.76. The molecule has 0 aliphatic carbocycles. The Bertz CT molecular complexity index is 631. The maximum absolute atomic E-state index is 13.1. The summed E-state index contributed by atoms with van der Waals surface area (Å²) in [5, 5.41) is -0.378. The standard InChI is InChI=1S/C15H15ClF3NO3/c1-2-23-13(22)6-5-12(21)20-8-7-9-11(20)4-3-10(16)14(9)15(17,18)19/h3-4H,2,5-8H2,1H3. The average Bonchev–Trinajstić information content (AvgIpc) is 2.87. The molecule has 126 valence electrons. The van der Waals surface area contributed by atoms with Gasteiger partial charge in [0, 0.05) is 18.7 Å². The zero-order valence-electron chi connectivity index (χ0n) is 12.4. The highest BCUT2D eigenvalue weighted by atomic mass is 35.5. The molecule has 23 heavy (non-hydrogen) atoms. The van der Waals surface area contributed by atoms with Crippen LogP contribution in [0.4, 0.5) is 18.9 Å². The molecule has 2 rings (SSSR count). The lowest BCUT2D eigenvalue weighted by atomic mass is 10.0. The van der Waals surface area contributed by atoms with Crippen molar-refractivity contribution in [1.29, 1.82) is 0 Å². The van der Waals surface area contributed by atoms with Crippen molar-refractivity contribution in [2.45, 2.75) is 32.4 Å². The van der Waals surface area contributed by atoms with Gasteiger partial charge in [0.05, 0.1) is 23.6 Å². The summed E-state index contributed by atoms with van der Waals surface area (Å²) < 4.78 is 44.1. The maximum Gasteiger partial charge on any atom is 0.418 e. The van der Waals surface area contributed by atoms with Crippen molar-refractivity contribution < 1.29 is 27.5 Å². The zero-order chi connectivity index (χ0) is 17.2. The number of ether oxygens (including phenoxy) is 1. The van der Waals surface area contributed by atoms with Crippen molar-refractivity contribution in [2.24, 2.45) is 0 Å². The number of esters is 1. The molecule has 1 aliphatic rings. The predicted molar refractivity (Wildman–Crippen MR) is 78.4 cm³/mol. The molecule has 0 saturated carbocycles. The first-order valence-electron chi connectivity index (χ1n) is 7.10. The Morgan fingerprint density at radius 2 is 2.00 bits per heavy atom. The first-order valence-corrected chi connectivity index (χ1v) is 7.48. The number of hydrogen-bond donors (Lipinski definition) is 0. The monoisotopic (exact) mass is 349 g/mol. The highest BCUT2D eigenvalue weighted by Crippen LogP contribution is 2.43.